The Balaban J connectivity index is 1.07. The first-order valence-electron chi connectivity index (χ1n) is 18.4. The highest BCUT2D eigenvalue weighted by atomic mass is 16.6. The van der Waals surface area contributed by atoms with Gasteiger partial charge in [-0.2, -0.15) is 0 Å². The van der Waals surface area contributed by atoms with E-state index >= 15 is 0 Å². The predicted molar refractivity (Wildman–Crippen MR) is 185 cm³/mol. The summed E-state index contributed by atoms with van der Waals surface area (Å²) in [6.07, 6.45) is 16.2. The van der Waals surface area contributed by atoms with Gasteiger partial charge in [-0.25, -0.2) is 9.59 Å². The molecule has 0 N–H and O–H groups in total. The van der Waals surface area contributed by atoms with Gasteiger partial charge < -0.3 is 13.9 Å². The predicted octanol–water partition coefficient (Wildman–Crippen LogP) is 10.1. The van der Waals surface area contributed by atoms with Crippen molar-refractivity contribution in [1.82, 2.24) is 0 Å². The molecule has 0 bridgehead atoms. The normalized spacial score (nSPS) is 32.8. The SMILES string of the molecule is Cc1c(C)c2ccc(OCC(=O)O[C@H]3CC[C@@]4(C)C(=CC[C@H]5[C@@H]6CC[C@H]([C@H](C)CCCC(C)C)[C@@]6(C)CC[C@@H]54)C3)c(C)c2oc1=O. The molecule has 1 heterocycles. The summed E-state index contributed by atoms with van der Waals surface area (Å²) in [6.45, 7) is 17.9. The van der Waals surface area contributed by atoms with Gasteiger partial charge in [0, 0.05) is 22.9 Å². The van der Waals surface area contributed by atoms with Crippen LogP contribution in [0.15, 0.2) is 33.0 Å². The molecule has 8 atom stereocenters. The molecule has 46 heavy (non-hydrogen) atoms. The summed E-state index contributed by atoms with van der Waals surface area (Å²) in [4.78, 5) is 25.3. The molecule has 3 fully saturated rings. The van der Waals surface area contributed by atoms with Gasteiger partial charge >= 0.3 is 11.6 Å². The molecule has 5 heteroatoms. The molecule has 0 radical (unpaired) electrons. The molecule has 6 rings (SSSR count). The molecule has 4 aliphatic carbocycles. The van der Waals surface area contributed by atoms with Crippen LogP contribution in [0.5, 0.6) is 5.75 Å². The first-order chi connectivity index (χ1) is 21.8. The zero-order valence-electron chi connectivity index (χ0n) is 29.8. The molecule has 1 aromatic carbocycles. The van der Waals surface area contributed by atoms with Gasteiger partial charge in [0.05, 0.1) is 0 Å². The Morgan fingerprint density at radius 3 is 2.50 bits per heavy atom. The van der Waals surface area contributed by atoms with Crippen molar-refractivity contribution in [3.8, 4) is 5.75 Å². The first-order valence-corrected chi connectivity index (χ1v) is 18.4. The minimum atomic E-state index is -0.339. The summed E-state index contributed by atoms with van der Waals surface area (Å²) in [5.41, 5.74) is 4.68. The highest BCUT2D eigenvalue weighted by Gasteiger charge is 2.59. The van der Waals surface area contributed by atoms with Crippen LogP contribution in [0.4, 0.5) is 0 Å². The maximum atomic E-state index is 13.0. The Morgan fingerprint density at radius 2 is 1.74 bits per heavy atom. The smallest absolute Gasteiger partial charge is 0.344 e. The van der Waals surface area contributed by atoms with Gasteiger partial charge in [-0.1, -0.05) is 65.5 Å². The van der Waals surface area contributed by atoms with Gasteiger partial charge in [0.15, 0.2) is 6.61 Å². The van der Waals surface area contributed by atoms with Crippen molar-refractivity contribution >= 4 is 16.9 Å². The Bertz CT molecular complexity index is 1550. The molecule has 2 aromatic rings. The number of carbonyl (C=O) groups is 1. The lowest BCUT2D eigenvalue weighted by molar-refractivity contribution is -0.153. The Morgan fingerprint density at radius 1 is 0.957 bits per heavy atom. The summed E-state index contributed by atoms with van der Waals surface area (Å²) in [6, 6.07) is 3.75. The summed E-state index contributed by atoms with van der Waals surface area (Å²) in [5, 5.41) is 0.889. The molecular weight excluding hydrogens is 572 g/mol. The third-order valence-corrected chi connectivity index (χ3v) is 13.7. The number of hydrogen-bond acceptors (Lipinski definition) is 5. The van der Waals surface area contributed by atoms with Crippen LogP contribution >= 0.6 is 0 Å². The summed E-state index contributed by atoms with van der Waals surface area (Å²) < 4.78 is 17.5. The largest absolute Gasteiger partial charge is 0.481 e. The van der Waals surface area contributed by atoms with Crippen molar-refractivity contribution in [2.75, 3.05) is 6.61 Å². The van der Waals surface area contributed by atoms with Crippen LogP contribution in [-0.2, 0) is 9.53 Å². The van der Waals surface area contributed by atoms with Gasteiger partial charge in [0.25, 0.3) is 0 Å². The fourth-order valence-electron chi connectivity index (χ4n) is 10.9. The second kappa shape index (κ2) is 12.8. The first kappa shape index (κ1) is 33.3. The van der Waals surface area contributed by atoms with Gasteiger partial charge in [0.2, 0.25) is 0 Å². The van der Waals surface area contributed by atoms with E-state index in [4.69, 9.17) is 13.9 Å². The van der Waals surface area contributed by atoms with E-state index in [2.05, 4.69) is 40.7 Å². The average Bonchev–Trinajstić information content (AvgIpc) is 3.37. The van der Waals surface area contributed by atoms with Crippen LogP contribution in [0.2, 0.25) is 0 Å². The molecule has 0 saturated heterocycles. The van der Waals surface area contributed by atoms with E-state index in [9.17, 15) is 9.59 Å². The van der Waals surface area contributed by atoms with Crippen LogP contribution in [-0.4, -0.2) is 18.7 Å². The van der Waals surface area contributed by atoms with E-state index < -0.39 is 0 Å². The fourth-order valence-corrected chi connectivity index (χ4v) is 10.9. The average molecular weight is 631 g/mol. The van der Waals surface area contributed by atoms with Crippen LogP contribution in [0.3, 0.4) is 0 Å². The fraction of sp³-hybridized carbons (Fsp3) is 0.707. The molecule has 252 valence electrons. The quantitative estimate of drug-likeness (QED) is 0.157. The number of carbonyl (C=O) groups excluding carboxylic acids is 1. The molecule has 0 amide bonds. The Labute approximate surface area is 276 Å². The second-order valence-electron chi connectivity index (χ2n) is 16.6. The lowest BCUT2D eigenvalue weighted by Crippen LogP contribution is -2.51. The Hall–Kier alpha value is -2.56. The zero-order valence-corrected chi connectivity index (χ0v) is 29.8. The topological polar surface area (TPSA) is 65.7 Å². The van der Waals surface area contributed by atoms with Gasteiger partial charge in [-0.3, -0.25) is 0 Å². The highest BCUT2D eigenvalue weighted by Crippen LogP contribution is 2.67. The number of benzene rings is 1. The van der Waals surface area contributed by atoms with Crippen LogP contribution in [0.25, 0.3) is 11.0 Å². The number of aryl methyl sites for hydroxylation is 2. The lowest BCUT2D eigenvalue weighted by Gasteiger charge is -2.58. The van der Waals surface area contributed by atoms with E-state index in [-0.39, 0.29) is 29.7 Å². The second-order valence-corrected chi connectivity index (χ2v) is 16.6. The van der Waals surface area contributed by atoms with Crippen molar-refractivity contribution in [1.29, 1.82) is 0 Å². The molecule has 0 aliphatic heterocycles. The van der Waals surface area contributed by atoms with Crippen LogP contribution < -0.4 is 10.4 Å². The number of esters is 1. The molecular formula is C41H58O5. The zero-order chi connectivity index (χ0) is 33.0. The molecule has 3 saturated carbocycles. The van der Waals surface area contributed by atoms with E-state index in [1.54, 1.807) is 6.92 Å². The summed E-state index contributed by atoms with van der Waals surface area (Å²) in [7, 11) is 0. The van der Waals surface area contributed by atoms with Crippen molar-refractivity contribution in [3.63, 3.8) is 0 Å². The highest BCUT2D eigenvalue weighted by molar-refractivity contribution is 5.85. The van der Waals surface area contributed by atoms with Crippen molar-refractivity contribution in [3.05, 3.63) is 50.9 Å². The third kappa shape index (κ3) is 5.87. The summed E-state index contributed by atoms with van der Waals surface area (Å²) >= 11 is 0. The minimum Gasteiger partial charge on any atom is -0.481 e. The van der Waals surface area contributed by atoms with Crippen LogP contribution in [0.1, 0.15) is 122 Å². The van der Waals surface area contributed by atoms with E-state index in [1.807, 2.05) is 26.0 Å². The minimum absolute atomic E-state index is 0.0928. The maximum absolute atomic E-state index is 13.0. The van der Waals surface area contributed by atoms with Gasteiger partial charge in [0.1, 0.15) is 17.4 Å². The third-order valence-electron chi connectivity index (χ3n) is 13.7. The standard InChI is InChI=1S/C41H58O5/c1-24(2)10-9-11-25(3)33-15-16-34-32-13-12-29-22-30(18-20-40(29,7)35(32)19-21-41(33,34)8)45-37(42)23-44-36-17-14-31-26(4)27(5)39(43)46-38(31)28(36)6/h12,14,17,24-25,30,32-35H,9-11,13,15-16,18-23H2,1-8H3/t25-,30+,32+,33-,34+,35+,40+,41-/m1/s1. The van der Waals surface area contributed by atoms with Gasteiger partial charge in [-0.15, -0.1) is 0 Å². The van der Waals surface area contributed by atoms with E-state index in [1.165, 1.54) is 56.9 Å². The van der Waals surface area contributed by atoms with E-state index in [0.29, 0.717) is 22.3 Å². The number of fused-ring (bicyclic) bond motifs is 6. The lowest BCUT2D eigenvalue weighted by atomic mass is 9.47. The molecule has 5 nitrogen and oxygen atoms in total. The van der Waals surface area contributed by atoms with Crippen molar-refractivity contribution in [2.45, 2.75) is 132 Å². The van der Waals surface area contributed by atoms with Crippen molar-refractivity contribution in [2.24, 2.45) is 46.3 Å². The van der Waals surface area contributed by atoms with Crippen LogP contribution in [0, 0.1) is 67.1 Å². The molecule has 4 aliphatic rings. The molecule has 1 aromatic heterocycles. The number of ether oxygens (including phenoxy) is 2. The molecule has 0 spiro atoms. The maximum Gasteiger partial charge on any atom is 0.344 e. The number of allylic oxidation sites excluding steroid dienone is 1. The molecule has 0 unspecified atom stereocenters. The van der Waals surface area contributed by atoms with Gasteiger partial charge in [-0.05, 0) is 130 Å². The van der Waals surface area contributed by atoms with E-state index in [0.717, 1.165) is 71.3 Å². The number of hydrogen-bond donors (Lipinski definition) is 0. The summed E-state index contributed by atoms with van der Waals surface area (Å²) in [5.74, 6) is 5.14. The number of rotatable bonds is 9. The van der Waals surface area contributed by atoms with Crippen molar-refractivity contribution < 1.29 is 18.7 Å². The Kier molecular flexibility index (Phi) is 9.28. The monoisotopic (exact) mass is 630 g/mol.